The SMILES string of the molecule is CN(CCNC(=O)c1cccc(F)c1F)C1CC1. The molecule has 0 aromatic heterocycles. The highest BCUT2D eigenvalue weighted by atomic mass is 19.2. The highest BCUT2D eigenvalue weighted by Crippen LogP contribution is 2.24. The van der Waals surface area contributed by atoms with Gasteiger partial charge in [-0.25, -0.2) is 8.78 Å². The van der Waals surface area contributed by atoms with Crippen molar-refractivity contribution in [2.45, 2.75) is 18.9 Å². The maximum atomic E-state index is 13.3. The fourth-order valence-corrected chi connectivity index (χ4v) is 1.82. The van der Waals surface area contributed by atoms with Gasteiger partial charge < -0.3 is 10.2 Å². The van der Waals surface area contributed by atoms with Gasteiger partial charge in [0.15, 0.2) is 11.6 Å². The lowest BCUT2D eigenvalue weighted by atomic mass is 10.2. The van der Waals surface area contributed by atoms with Gasteiger partial charge in [-0.15, -0.1) is 0 Å². The van der Waals surface area contributed by atoms with E-state index >= 15 is 0 Å². The number of amides is 1. The number of nitrogens with zero attached hydrogens (tertiary/aromatic N) is 1. The minimum absolute atomic E-state index is 0.246. The van der Waals surface area contributed by atoms with Crippen molar-refractivity contribution < 1.29 is 13.6 Å². The van der Waals surface area contributed by atoms with Crippen molar-refractivity contribution >= 4 is 5.91 Å². The zero-order chi connectivity index (χ0) is 13.1. The van der Waals surface area contributed by atoms with Gasteiger partial charge in [0.1, 0.15) is 0 Å². The van der Waals surface area contributed by atoms with Crippen molar-refractivity contribution in [1.29, 1.82) is 0 Å². The first kappa shape index (κ1) is 13.0. The summed E-state index contributed by atoms with van der Waals surface area (Å²) in [5.74, 6) is -2.67. The number of rotatable bonds is 5. The van der Waals surface area contributed by atoms with E-state index in [2.05, 4.69) is 10.2 Å². The van der Waals surface area contributed by atoms with Gasteiger partial charge in [-0.1, -0.05) is 6.07 Å². The molecule has 5 heteroatoms. The van der Waals surface area contributed by atoms with Crippen LogP contribution < -0.4 is 5.32 Å². The van der Waals surface area contributed by atoms with Crippen molar-refractivity contribution in [2.24, 2.45) is 0 Å². The quantitative estimate of drug-likeness (QED) is 0.868. The second kappa shape index (κ2) is 5.44. The molecule has 1 saturated carbocycles. The average Bonchev–Trinajstić information content (AvgIpc) is 3.16. The van der Waals surface area contributed by atoms with Gasteiger partial charge in [-0.2, -0.15) is 0 Å². The first-order valence-corrected chi connectivity index (χ1v) is 6.02. The van der Waals surface area contributed by atoms with E-state index in [1.165, 1.54) is 25.0 Å². The van der Waals surface area contributed by atoms with Crippen LogP contribution in [0.1, 0.15) is 23.2 Å². The van der Waals surface area contributed by atoms with E-state index in [0.29, 0.717) is 19.1 Å². The number of carbonyl (C=O) groups excluding carboxylic acids is 1. The summed E-state index contributed by atoms with van der Waals surface area (Å²) in [4.78, 5) is 13.8. The van der Waals surface area contributed by atoms with Crippen LogP contribution in [0.5, 0.6) is 0 Å². The molecular weight excluding hydrogens is 238 g/mol. The van der Waals surface area contributed by atoms with Crippen LogP contribution in [0.2, 0.25) is 0 Å². The summed E-state index contributed by atoms with van der Waals surface area (Å²) in [6.45, 7) is 1.15. The summed E-state index contributed by atoms with van der Waals surface area (Å²) in [6.07, 6.45) is 2.39. The number of halogens is 2. The lowest BCUT2D eigenvalue weighted by Crippen LogP contribution is -2.34. The Morgan fingerprint density at radius 2 is 2.17 bits per heavy atom. The molecule has 3 nitrogen and oxygen atoms in total. The highest BCUT2D eigenvalue weighted by molar-refractivity contribution is 5.94. The Balaban J connectivity index is 1.85. The molecule has 0 spiro atoms. The summed E-state index contributed by atoms with van der Waals surface area (Å²) in [7, 11) is 1.99. The van der Waals surface area contributed by atoms with E-state index in [4.69, 9.17) is 0 Å². The number of nitrogens with one attached hydrogen (secondary N) is 1. The fourth-order valence-electron chi connectivity index (χ4n) is 1.82. The number of benzene rings is 1. The van der Waals surface area contributed by atoms with E-state index in [-0.39, 0.29) is 5.56 Å². The summed E-state index contributed by atoms with van der Waals surface area (Å²) < 4.78 is 26.3. The maximum Gasteiger partial charge on any atom is 0.254 e. The Labute approximate surface area is 105 Å². The Hall–Kier alpha value is -1.49. The lowest BCUT2D eigenvalue weighted by molar-refractivity contribution is 0.0944. The molecule has 1 aromatic rings. The first-order chi connectivity index (χ1) is 8.59. The minimum atomic E-state index is -1.09. The van der Waals surface area contributed by atoms with Crippen molar-refractivity contribution in [2.75, 3.05) is 20.1 Å². The molecule has 1 fully saturated rings. The van der Waals surface area contributed by atoms with E-state index in [1.54, 1.807) is 0 Å². The van der Waals surface area contributed by atoms with E-state index in [1.807, 2.05) is 7.05 Å². The monoisotopic (exact) mass is 254 g/mol. The second-order valence-electron chi connectivity index (χ2n) is 4.57. The zero-order valence-corrected chi connectivity index (χ0v) is 10.2. The molecule has 98 valence electrons. The molecule has 1 aliphatic carbocycles. The lowest BCUT2D eigenvalue weighted by Gasteiger charge is -2.15. The third-order valence-electron chi connectivity index (χ3n) is 3.12. The number of carbonyl (C=O) groups is 1. The molecule has 0 bridgehead atoms. The second-order valence-corrected chi connectivity index (χ2v) is 4.57. The van der Waals surface area contributed by atoms with Gasteiger partial charge in [0.2, 0.25) is 0 Å². The molecule has 1 N–H and O–H groups in total. The Morgan fingerprint density at radius 1 is 1.44 bits per heavy atom. The van der Waals surface area contributed by atoms with Crippen LogP contribution in [0.25, 0.3) is 0 Å². The van der Waals surface area contributed by atoms with Crippen LogP contribution in [0.15, 0.2) is 18.2 Å². The molecule has 1 amide bonds. The Kier molecular flexibility index (Phi) is 3.91. The molecule has 0 atom stereocenters. The minimum Gasteiger partial charge on any atom is -0.351 e. The van der Waals surface area contributed by atoms with Gasteiger partial charge in [0.05, 0.1) is 5.56 Å². The highest BCUT2D eigenvalue weighted by Gasteiger charge is 2.25. The smallest absolute Gasteiger partial charge is 0.254 e. The van der Waals surface area contributed by atoms with Crippen molar-refractivity contribution in [3.8, 4) is 0 Å². The van der Waals surface area contributed by atoms with Crippen LogP contribution in [-0.4, -0.2) is 37.0 Å². The van der Waals surface area contributed by atoms with Crippen molar-refractivity contribution in [1.82, 2.24) is 10.2 Å². The van der Waals surface area contributed by atoms with Crippen molar-refractivity contribution in [3.63, 3.8) is 0 Å². The van der Waals surface area contributed by atoms with E-state index < -0.39 is 17.5 Å². The molecule has 1 aromatic carbocycles. The average molecular weight is 254 g/mol. The molecule has 0 saturated heterocycles. The predicted molar refractivity (Wildman–Crippen MR) is 64.3 cm³/mol. The normalized spacial score (nSPS) is 14.9. The predicted octanol–water partition coefficient (Wildman–Crippen LogP) is 1.79. The van der Waals surface area contributed by atoms with Gasteiger partial charge in [-0.05, 0) is 32.0 Å². The summed E-state index contributed by atoms with van der Waals surface area (Å²) in [6, 6.07) is 4.21. The zero-order valence-electron chi connectivity index (χ0n) is 10.2. The maximum absolute atomic E-state index is 13.3. The third-order valence-corrected chi connectivity index (χ3v) is 3.12. The first-order valence-electron chi connectivity index (χ1n) is 6.02. The van der Waals surface area contributed by atoms with Crippen molar-refractivity contribution in [3.05, 3.63) is 35.4 Å². The van der Waals surface area contributed by atoms with Crippen LogP contribution in [-0.2, 0) is 0 Å². The van der Waals surface area contributed by atoms with Crippen LogP contribution in [0, 0.1) is 11.6 Å². The van der Waals surface area contributed by atoms with Gasteiger partial charge in [0.25, 0.3) is 5.91 Å². The Bertz CT molecular complexity index is 447. The molecule has 0 heterocycles. The molecular formula is C13H16F2N2O. The van der Waals surface area contributed by atoms with Crippen LogP contribution in [0.4, 0.5) is 8.78 Å². The molecule has 1 aliphatic rings. The molecule has 18 heavy (non-hydrogen) atoms. The Morgan fingerprint density at radius 3 is 2.83 bits per heavy atom. The third kappa shape index (κ3) is 3.04. The largest absolute Gasteiger partial charge is 0.351 e. The van der Waals surface area contributed by atoms with E-state index in [0.717, 1.165) is 6.07 Å². The molecule has 0 aliphatic heterocycles. The number of likely N-dealkylation sites (N-methyl/N-ethyl adjacent to an activating group) is 1. The van der Waals surface area contributed by atoms with E-state index in [9.17, 15) is 13.6 Å². The fraction of sp³-hybridized carbons (Fsp3) is 0.462. The van der Waals surface area contributed by atoms with Crippen LogP contribution >= 0.6 is 0 Å². The standard InChI is InChI=1S/C13H16F2N2O/c1-17(9-5-6-9)8-7-16-13(18)10-3-2-4-11(14)12(10)15/h2-4,9H,5-8H2,1H3,(H,16,18). The van der Waals surface area contributed by atoms with Gasteiger partial charge in [0, 0.05) is 19.1 Å². The van der Waals surface area contributed by atoms with Gasteiger partial charge >= 0.3 is 0 Å². The molecule has 0 radical (unpaired) electrons. The summed E-state index contributed by atoms with van der Waals surface area (Å²) in [5, 5.41) is 2.59. The summed E-state index contributed by atoms with van der Waals surface area (Å²) in [5.41, 5.74) is -0.246. The molecule has 0 unspecified atom stereocenters. The molecule has 2 rings (SSSR count). The topological polar surface area (TPSA) is 32.3 Å². The van der Waals surface area contributed by atoms with Gasteiger partial charge in [-0.3, -0.25) is 4.79 Å². The number of hydrogen-bond donors (Lipinski definition) is 1. The number of hydrogen-bond acceptors (Lipinski definition) is 2. The summed E-state index contributed by atoms with van der Waals surface area (Å²) >= 11 is 0. The van der Waals surface area contributed by atoms with Crippen LogP contribution in [0.3, 0.4) is 0 Å².